The van der Waals surface area contributed by atoms with Gasteiger partial charge in [0, 0.05) is 3.57 Å². The number of nitriles is 1. The monoisotopic (exact) mass is 315 g/mol. The number of carboxylic acid groups (broad SMARTS) is 1. The number of benzene rings is 1. The van der Waals surface area contributed by atoms with E-state index in [9.17, 15) is 4.79 Å². The Kier molecular flexibility index (Phi) is 4.09. The van der Waals surface area contributed by atoms with Crippen LogP contribution in [0, 0.1) is 14.9 Å². The number of carbonyl (C=O) groups is 1. The molecule has 0 aliphatic heterocycles. The smallest absolute Gasteiger partial charge is 0.307 e. The van der Waals surface area contributed by atoms with Crippen LogP contribution >= 0.6 is 22.6 Å². The number of carboxylic acids is 1. The minimum atomic E-state index is -0.863. The van der Waals surface area contributed by atoms with Gasteiger partial charge in [-0.2, -0.15) is 5.26 Å². The molecule has 1 N–H and O–H groups in total. The van der Waals surface area contributed by atoms with Gasteiger partial charge in [-0.3, -0.25) is 4.79 Å². The Morgan fingerprint density at radius 1 is 1.53 bits per heavy atom. The summed E-state index contributed by atoms with van der Waals surface area (Å²) in [6, 6.07) is 5.62. The van der Waals surface area contributed by atoms with Crippen LogP contribution in [0.15, 0.2) is 12.1 Å². The first-order valence-corrected chi connectivity index (χ1v) is 5.60. The molecule has 0 radical (unpaired) electrons. The van der Waals surface area contributed by atoms with Crippen molar-refractivity contribution in [2.24, 2.45) is 0 Å². The molecule has 4 heteroatoms. The van der Waals surface area contributed by atoms with Gasteiger partial charge in [0.05, 0.1) is 18.1 Å². The first-order valence-electron chi connectivity index (χ1n) is 4.52. The second-order valence-electron chi connectivity index (χ2n) is 3.09. The van der Waals surface area contributed by atoms with Crippen molar-refractivity contribution >= 4 is 28.6 Å². The zero-order chi connectivity index (χ0) is 11.4. The zero-order valence-electron chi connectivity index (χ0n) is 8.25. The summed E-state index contributed by atoms with van der Waals surface area (Å²) in [5.74, 6) is -0.863. The van der Waals surface area contributed by atoms with Crippen LogP contribution < -0.4 is 0 Å². The van der Waals surface area contributed by atoms with E-state index < -0.39 is 5.97 Å². The van der Waals surface area contributed by atoms with Gasteiger partial charge in [-0.05, 0) is 52.3 Å². The molecule has 0 aliphatic rings. The van der Waals surface area contributed by atoms with E-state index in [0.717, 1.165) is 14.7 Å². The molecule has 1 aromatic rings. The van der Waals surface area contributed by atoms with Crippen LogP contribution in [0.25, 0.3) is 0 Å². The van der Waals surface area contributed by atoms with Crippen LogP contribution in [0.4, 0.5) is 0 Å². The van der Waals surface area contributed by atoms with E-state index in [1.165, 1.54) is 0 Å². The molecule has 0 unspecified atom stereocenters. The van der Waals surface area contributed by atoms with Crippen LogP contribution in [-0.4, -0.2) is 11.1 Å². The molecule has 0 aliphatic carbocycles. The number of nitrogens with zero attached hydrogens (tertiary/aromatic N) is 1. The molecule has 0 heterocycles. The predicted molar refractivity (Wildman–Crippen MR) is 64.6 cm³/mol. The van der Waals surface area contributed by atoms with Crippen molar-refractivity contribution in [1.82, 2.24) is 0 Å². The lowest BCUT2D eigenvalue weighted by atomic mass is 9.97. The number of hydrogen-bond acceptors (Lipinski definition) is 2. The fraction of sp³-hybridized carbons (Fsp3) is 0.273. The van der Waals surface area contributed by atoms with Gasteiger partial charge in [-0.1, -0.05) is 6.92 Å². The summed E-state index contributed by atoms with van der Waals surface area (Å²) in [7, 11) is 0. The van der Waals surface area contributed by atoms with E-state index in [-0.39, 0.29) is 6.42 Å². The van der Waals surface area contributed by atoms with E-state index in [1.807, 2.05) is 6.92 Å². The van der Waals surface area contributed by atoms with Crippen molar-refractivity contribution in [2.75, 3.05) is 0 Å². The lowest BCUT2D eigenvalue weighted by Crippen LogP contribution is -2.07. The summed E-state index contributed by atoms with van der Waals surface area (Å²) in [6.45, 7) is 1.93. The van der Waals surface area contributed by atoms with Gasteiger partial charge in [0.25, 0.3) is 0 Å². The van der Waals surface area contributed by atoms with Crippen molar-refractivity contribution in [3.63, 3.8) is 0 Å². The van der Waals surface area contributed by atoms with E-state index in [1.54, 1.807) is 12.1 Å². The second-order valence-corrected chi connectivity index (χ2v) is 4.25. The summed E-state index contributed by atoms with van der Waals surface area (Å²) in [4.78, 5) is 10.7. The Morgan fingerprint density at radius 3 is 2.67 bits per heavy atom. The van der Waals surface area contributed by atoms with Crippen molar-refractivity contribution < 1.29 is 9.90 Å². The van der Waals surface area contributed by atoms with Crippen LogP contribution in [0.3, 0.4) is 0 Å². The first-order chi connectivity index (χ1) is 7.10. The minimum Gasteiger partial charge on any atom is -0.481 e. The van der Waals surface area contributed by atoms with Gasteiger partial charge in [-0.15, -0.1) is 0 Å². The summed E-state index contributed by atoms with van der Waals surface area (Å²) in [5, 5.41) is 17.7. The number of aliphatic carboxylic acids is 1. The molecule has 78 valence electrons. The average molecular weight is 315 g/mol. The van der Waals surface area contributed by atoms with Crippen molar-refractivity contribution in [2.45, 2.75) is 19.8 Å². The second kappa shape index (κ2) is 5.12. The van der Waals surface area contributed by atoms with Crippen LogP contribution in [0.1, 0.15) is 23.6 Å². The minimum absolute atomic E-state index is 0.0169. The molecular formula is C11H10INO2. The highest BCUT2D eigenvalue weighted by Gasteiger charge is 2.13. The highest BCUT2D eigenvalue weighted by atomic mass is 127. The lowest BCUT2D eigenvalue weighted by molar-refractivity contribution is -0.136. The van der Waals surface area contributed by atoms with Gasteiger partial charge in [0.15, 0.2) is 0 Å². The summed E-state index contributed by atoms with van der Waals surface area (Å²) >= 11 is 2.10. The van der Waals surface area contributed by atoms with Gasteiger partial charge in [0.1, 0.15) is 0 Å². The Morgan fingerprint density at radius 2 is 2.20 bits per heavy atom. The van der Waals surface area contributed by atoms with E-state index >= 15 is 0 Å². The first kappa shape index (κ1) is 12.0. The largest absolute Gasteiger partial charge is 0.481 e. The highest BCUT2D eigenvalue weighted by molar-refractivity contribution is 14.1. The maximum atomic E-state index is 10.7. The Labute approximate surface area is 102 Å². The van der Waals surface area contributed by atoms with Gasteiger partial charge >= 0.3 is 5.97 Å². The molecule has 0 atom stereocenters. The van der Waals surface area contributed by atoms with E-state index in [2.05, 4.69) is 28.7 Å². The molecule has 0 saturated heterocycles. The molecular weight excluding hydrogens is 305 g/mol. The molecule has 0 amide bonds. The summed E-state index contributed by atoms with van der Waals surface area (Å²) in [5.41, 5.74) is 2.20. The average Bonchev–Trinajstić information content (AvgIpc) is 2.20. The van der Waals surface area contributed by atoms with Crippen molar-refractivity contribution in [1.29, 1.82) is 5.26 Å². The highest BCUT2D eigenvalue weighted by Crippen LogP contribution is 2.22. The van der Waals surface area contributed by atoms with Gasteiger partial charge in [-0.25, -0.2) is 0 Å². The third kappa shape index (κ3) is 2.69. The number of hydrogen-bond donors (Lipinski definition) is 1. The predicted octanol–water partition coefficient (Wildman–Crippen LogP) is 2.35. The molecule has 1 rings (SSSR count). The standard InChI is InChI=1S/C11H10INO2/c1-2-8-7(6-13)3-4-10(12)9(8)5-11(14)15/h3-4H,2,5H2,1H3,(H,14,15). The third-order valence-electron chi connectivity index (χ3n) is 2.18. The normalized spacial score (nSPS) is 9.67. The molecule has 0 fully saturated rings. The van der Waals surface area contributed by atoms with E-state index in [0.29, 0.717) is 12.0 Å². The maximum Gasteiger partial charge on any atom is 0.307 e. The third-order valence-corrected chi connectivity index (χ3v) is 3.19. The van der Waals surface area contributed by atoms with Crippen LogP contribution in [0.2, 0.25) is 0 Å². The molecule has 0 spiro atoms. The quantitative estimate of drug-likeness (QED) is 0.871. The molecule has 3 nitrogen and oxygen atoms in total. The summed E-state index contributed by atoms with van der Waals surface area (Å²) in [6.07, 6.45) is 0.666. The fourth-order valence-corrected chi connectivity index (χ4v) is 2.21. The molecule has 1 aromatic carbocycles. The fourth-order valence-electron chi connectivity index (χ4n) is 1.52. The Balaban J connectivity index is 3.33. The van der Waals surface area contributed by atoms with Gasteiger partial charge < -0.3 is 5.11 Å². The molecule has 0 bridgehead atoms. The number of halogens is 1. The lowest BCUT2D eigenvalue weighted by Gasteiger charge is -2.09. The molecule has 0 saturated carbocycles. The van der Waals surface area contributed by atoms with Crippen molar-refractivity contribution in [3.8, 4) is 6.07 Å². The molecule has 15 heavy (non-hydrogen) atoms. The van der Waals surface area contributed by atoms with E-state index in [4.69, 9.17) is 10.4 Å². The number of rotatable bonds is 3. The van der Waals surface area contributed by atoms with Crippen LogP contribution in [0.5, 0.6) is 0 Å². The van der Waals surface area contributed by atoms with Crippen LogP contribution in [-0.2, 0) is 17.6 Å². The SMILES string of the molecule is CCc1c(C#N)ccc(I)c1CC(=O)O. The van der Waals surface area contributed by atoms with Gasteiger partial charge in [0.2, 0.25) is 0 Å². The molecule has 0 aromatic heterocycles. The zero-order valence-corrected chi connectivity index (χ0v) is 10.4. The Bertz CT molecular complexity index is 435. The topological polar surface area (TPSA) is 61.1 Å². The Hall–Kier alpha value is -1.09. The maximum absolute atomic E-state index is 10.7. The van der Waals surface area contributed by atoms with Crippen molar-refractivity contribution in [3.05, 3.63) is 32.4 Å². The summed E-state index contributed by atoms with van der Waals surface area (Å²) < 4.78 is 0.908.